The van der Waals surface area contributed by atoms with Gasteiger partial charge in [-0.1, -0.05) is 38.1 Å². The molecule has 7 heteroatoms. The number of hydrogen-bond acceptors (Lipinski definition) is 5. The molecule has 0 bridgehead atoms. The molecular weight excluding hydrogens is 471 g/mol. The Morgan fingerprint density at radius 1 is 1.03 bits per heavy atom. The number of ether oxygens (including phenoxy) is 3. The Morgan fingerprint density at radius 3 is 2.32 bits per heavy atom. The lowest BCUT2D eigenvalue weighted by molar-refractivity contribution is -0.182. The molecule has 37 heavy (non-hydrogen) atoms. The number of amides is 1. The van der Waals surface area contributed by atoms with Gasteiger partial charge in [0.25, 0.3) is 0 Å². The number of carbonyl (C=O) groups is 1. The van der Waals surface area contributed by atoms with Crippen molar-refractivity contribution in [2.24, 2.45) is 5.92 Å². The summed E-state index contributed by atoms with van der Waals surface area (Å²) in [5, 5.41) is 0. The van der Waals surface area contributed by atoms with Crippen molar-refractivity contribution in [3.8, 4) is 5.75 Å². The molecule has 0 radical (unpaired) electrons. The number of carbonyl (C=O) groups excluding carboxylic acids is 1. The molecule has 1 amide bonds. The first-order valence-electron chi connectivity index (χ1n) is 13.7. The molecule has 2 fully saturated rings. The van der Waals surface area contributed by atoms with Gasteiger partial charge in [-0.25, -0.2) is 4.39 Å². The van der Waals surface area contributed by atoms with Gasteiger partial charge in [-0.2, -0.15) is 0 Å². The summed E-state index contributed by atoms with van der Waals surface area (Å²) in [5.41, 5.74) is 1.91. The van der Waals surface area contributed by atoms with E-state index in [0.29, 0.717) is 25.5 Å². The summed E-state index contributed by atoms with van der Waals surface area (Å²) in [7, 11) is 0. The maximum atomic E-state index is 13.6. The van der Waals surface area contributed by atoms with Crippen LogP contribution in [0.1, 0.15) is 50.7 Å². The van der Waals surface area contributed by atoms with Gasteiger partial charge >= 0.3 is 0 Å². The van der Waals surface area contributed by atoms with E-state index in [2.05, 4.69) is 18.7 Å². The van der Waals surface area contributed by atoms with E-state index in [1.807, 2.05) is 29.2 Å². The van der Waals surface area contributed by atoms with Crippen LogP contribution in [0.4, 0.5) is 4.39 Å². The molecule has 2 aliphatic rings. The van der Waals surface area contributed by atoms with Crippen LogP contribution in [-0.4, -0.2) is 67.5 Å². The Balaban J connectivity index is 1.35. The molecule has 6 nitrogen and oxygen atoms in total. The smallest absolute Gasteiger partial charge is 0.227 e. The number of hydrogen-bond donors (Lipinski definition) is 0. The highest BCUT2D eigenvalue weighted by atomic mass is 19.1. The SMILES string of the molecule is CC(C)COc1ccc(CC(=O)N(Cc2ccc(F)cc2)C2CCN(CCC3OCCCO3)CC2)cc1. The Labute approximate surface area is 220 Å². The van der Waals surface area contributed by atoms with Crippen molar-refractivity contribution >= 4 is 5.91 Å². The normalized spacial score (nSPS) is 17.7. The number of halogens is 1. The van der Waals surface area contributed by atoms with E-state index in [-0.39, 0.29) is 24.1 Å². The largest absolute Gasteiger partial charge is 0.493 e. The third-order valence-electron chi connectivity index (χ3n) is 7.02. The molecular formula is C30H41FN2O4. The van der Waals surface area contributed by atoms with Crippen molar-refractivity contribution < 1.29 is 23.4 Å². The minimum absolute atomic E-state index is 0.0924. The number of nitrogens with zero attached hydrogens (tertiary/aromatic N) is 2. The van der Waals surface area contributed by atoms with E-state index in [1.165, 1.54) is 12.1 Å². The van der Waals surface area contributed by atoms with Crippen molar-refractivity contribution in [3.63, 3.8) is 0 Å². The van der Waals surface area contributed by atoms with Crippen LogP contribution < -0.4 is 4.74 Å². The minimum atomic E-state index is -0.263. The van der Waals surface area contributed by atoms with E-state index >= 15 is 0 Å². The lowest BCUT2D eigenvalue weighted by Gasteiger charge is -2.39. The molecule has 2 aromatic rings. The Morgan fingerprint density at radius 2 is 1.68 bits per heavy atom. The van der Waals surface area contributed by atoms with Crippen LogP contribution in [0.5, 0.6) is 5.75 Å². The zero-order chi connectivity index (χ0) is 26.0. The van der Waals surface area contributed by atoms with E-state index in [1.54, 1.807) is 12.1 Å². The second-order valence-corrected chi connectivity index (χ2v) is 10.6. The fourth-order valence-corrected chi connectivity index (χ4v) is 4.90. The quantitative estimate of drug-likeness (QED) is 0.422. The Kier molecular flexibility index (Phi) is 10.3. The summed E-state index contributed by atoms with van der Waals surface area (Å²) >= 11 is 0. The van der Waals surface area contributed by atoms with E-state index in [0.717, 1.165) is 75.4 Å². The van der Waals surface area contributed by atoms with Crippen LogP contribution >= 0.6 is 0 Å². The fraction of sp³-hybridized carbons (Fsp3) is 0.567. The summed E-state index contributed by atoms with van der Waals surface area (Å²) in [4.78, 5) is 18.0. The molecule has 0 aliphatic carbocycles. The van der Waals surface area contributed by atoms with Crippen molar-refractivity contribution in [1.29, 1.82) is 0 Å². The van der Waals surface area contributed by atoms with Crippen molar-refractivity contribution in [1.82, 2.24) is 9.80 Å². The number of likely N-dealkylation sites (tertiary alicyclic amines) is 1. The third kappa shape index (κ3) is 8.80. The van der Waals surface area contributed by atoms with Crippen LogP contribution in [0.2, 0.25) is 0 Å². The highest BCUT2D eigenvalue weighted by Crippen LogP contribution is 2.22. The van der Waals surface area contributed by atoms with Crippen LogP contribution in [-0.2, 0) is 27.2 Å². The average molecular weight is 513 g/mol. The lowest BCUT2D eigenvalue weighted by atomic mass is 10.0. The topological polar surface area (TPSA) is 51.2 Å². The maximum absolute atomic E-state index is 13.6. The first-order chi connectivity index (χ1) is 18.0. The monoisotopic (exact) mass is 512 g/mol. The number of benzene rings is 2. The summed E-state index contributed by atoms with van der Waals surface area (Å²) in [6.07, 6.45) is 3.92. The standard InChI is InChI=1S/C30H41FN2O4/c1-23(2)22-37-28-10-6-24(7-11-28)20-29(34)33(21-25-4-8-26(31)9-5-25)27-12-15-32(16-13-27)17-14-30-35-18-3-19-36-30/h4-11,23,27,30H,3,12-22H2,1-2H3. The molecule has 202 valence electrons. The van der Waals surface area contributed by atoms with Gasteiger partial charge < -0.3 is 24.0 Å². The Hall–Kier alpha value is -2.48. The summed E-state index contributed by atoms with van der Waals surface area (Å²) in [6.45, 7) is 9.77. The van der Waals surface area contributed by atoms with Crippen molar-refractivity contribution in [2.45, 2.75) is 64.8 Å². The van der Waals surface area contributed by atoms with Gasteiger partial charge in [-0.15, -0.1) is 0 Å². The number of rotatable bonds is 11. The van der Waals surface area contributed by atoms with Crippen molar-refractivity contribution in [2.75, 3.05) is 39.5 Å². The highest BCUT2D eigenvalue weighted by Gasteiger charge is 2.28. The van der Waals surface area contributed by atoms with Crippen molar-refractivity contribution in [3.05, 3.63) is 65.5 Å². The zero-order valence-corrected chi connectivity index (χ0v) is 22.2. The van der Waals surface area contributed by atoms with Gasteiger partial charge in [0, 0.05) is 38.6 Å². The first kappa shape index (κ1) is 27.6. The summed E-state index contributed by atoms with van der Waals surface area (Å²) < 4.78 is 30.6. The predicted molar refractivity (Wildman–Crippen MR) is 142 cm³/mol. The molecule has 4 rings (SSSR count). The molecule has 2 aliphatic heterocycles. The third-order valence-corrected chi connectivity index (χ3v) is 7.02. The molecule has 0 atom stereocenters. The van der Waals surface area contributed by atoms with Gasteiger partial charge in [0.05, 0.1) is 26.2 Å². The minimum Gasteiger partial charge on any atom is -0.493 e. The van der Waals surface area contributed by atoms with Crippen LogP contribution in [0.15, 0.2) is 48.5 Å². The van der Waals surface area contributed by atoms with Crippen LogP contribution in [0.25, 0.3) is 0 Å². The molecule has 2 heterocycles. The van der Waals surface area contributed by atoms with Gasteiger partial charge in [0.2, 0.25) is 5.91 Å². The zero-order valence-electron chi connectivity index (χ0n) is 22.2. The highest BCUT2D eigenvalue weighted by molar-refractivity contribution is 5.79. The average Bonchev–Trinajstić information content (AvgIpc) is 2.92. The number of piperidine rings is 1. The predicted octanol–water partition coefficient (Wildman–Crippen LogP) is 5.05. The van der Waals surface area contributed by atoms with E-state index < -0.39 is 0 Å². The molecule has 2 saturated heterocycles. The van der Waals surface area contributed by atoms with E-state index in [9.17, 15) is 9.18 Å². The van der Waals surface area contributed by atoms with Gasteiger partial charge in [0.1, 0.15) is 11.6 Å². The van der Waals surface area contributed by atoms with Gasteiger partial charge in [-0.05, 0) is 60.6 Å². The van der Waals surface area contributed by atoms with Gasteiger partial charge in [-0.3, -0.25) is 4.79 Å². The molecule has 0 aromatic heterocycles. The Bertz CT molecular complexity index is 953. The molecule has 0 N–H and O–H groups in total. The van der Waals surface area contributed by atoms with E-state index in [4.69, 9.17) is 14.2 Å². The van der Waals surface area contributed by atoms with Crippen LogP contribution in [0.3, 0.4) is 0 Å². The lowest BCUT2D eigenvalue weighted by Crippen LogP contribution is -2.48. The molecule has 0 spiro atoms. The maximum Gasteiger partial charge on any atom is 0.227 e. The molecule has 0 saturated carbocycles. The van der Waals surface area contributed by atoms with Gasteiger partial charge in [0.15, 0.2) is 6.29 Å². The second-order valence-electron chi connectivity index (χ2n) is 10.6. The molecule has 2 aromatic carbocycles. The summed E-state index contributed by atoms with van der Waals surface area (Å²) in [6, 6.07) is 14.5. The fourth-order valence-electron chi connectivity index (χ4n) is 4.90. The molecule has 0 unspecified atom stereocenters. The second kappa shape index (κ2) is 13.9. The first-order valence-corrected chi connectivity index (χ1v) is 13.7. The van der Waals surface area contributed by atoms with Crippen LogP contribution in [0, 0.1) is 11.7 Å². The summed E-state index contributed by atoms with van der Waals surface area (Å²) in [5.74, 6) is 1.12.